The Morgan fingerprint density at radius 2 is 1.77 bits per heavy atom. The Bertz CT molecular complexity index is 840. The average molecular weight is 363 g/mol. The van der Waals surface area contributed by atoms with Crippen molar-refractivity contribution < 1.29 is 9.53 Å². The molecular formula is C22H21NO2S. The minimum absolute atomic E-state index is 0.107. The minimum Gasteiger partial charge on any atom is -0.489 e. The van der Waals surface area contributed by atoms with Crippen LogP contribution in [0.3, 0.4) is 0 Å². The highest BCUT2D eigenvalue weighted by Crippen LogP contribution is 2.31. The molecule has 2 aromatic carbocycles. The maximum Gasteiger partial charge on any atom is 0.254 e. The van der Waals surface area contributed by atoms with Crippen LogP contribution < -0.4 is 4.74 Å². The Hall–Kier alpha value is -2.59. The van der Waals surface area contributed by atoms with Gasteiger partial charge in [0.15, 0.2) is 0 Å². The second-order valence-electron chi connectivity index (χ2n) is 6.54. The van der Waals surface area contributed by atoms with E-state index >= 15 is 0 Å². The topological polar surface area (TPSA) is 29.5 Å². The van der Waals surface area contributed by atoms with Crippen LogP contribution in [-0.4, -0.2) is 16.8 Å². The summed E-state index contributed by atoms with van der Waals surface area (Å²) in [6, 6.07) is 22.1. The lowest BCUT2D eigenvalue weighted by molar-refractivity contribution is 0.0731. The van der Waals surface area contributed by atoms with E-state index in [4.69, 9.17) is 4.74 Å². The quantitative estimate of drug-likeness (QED) is 0.582. The van der Waals surface area contributed by atoms with Gasteiger partial charge in [-0.2, -0.15) is 0 Å². The van der Waals surface area contributed by atoms with Gasteiger partial charge < -0.3 is 9.64 Å². The van der Waals surface area contributed by atoms with Crippen molar-refractivity contribution in [1.29, 1.82) is 0 Å². The van der Waals surface area contributed by atoms with Crippen LogP contribution in [0.5, 0.6) is 5.75 Å². The molecule has 3 aromatic rings. The van der Waals surface area contributed by atoms with Crippen LogP contribution in [0.15, 0.2) is 72.1 Å². The first kappa shape index (κ1) is 16.9. The lowest BCUT2D eigenvalue weighted by atomic mass is 10.2. The lowest BCUT2D eigenvalue weighted by Gasteiger charge is -2.22. The van der Waals surface area contributed by atoms with Crippen molar-refractivity contribution in [3.63, 3.8) is 0 Å². The van der Waals surface area contributed by atoms with Gasteiger partial charge in [0.1, 0.15) is 12.4 Å². The van der Waals surface area contributed by atoms with Gasteiger partial charge in [-0.3, -0.25) is 4.79 Å². The molecular weight excluding hydrogens is 342 g/mol. The summed E-state index contributed by atoms with van der Waals surface area (Å²) in [4.78, 5) is 16.2. The zero-order chi connectivity index (χ0) is 17.8. The number of amides is 1. The second kappa shape index (κ2) is 7.75. The summed E-state index contributed by atoms with van der Waals surface area (Å²) in [7, 11) is 0. The predicted molar refractivity (Wildman–Crippen MR) is 104 cm³/mol. The van der Waals surface area contributed by atoms with Crippen molar-refractivity contribution in [2.75, 3.05) is 0 Å². The number of rotatable bonds is 7. The van der Waals surface area contributed by atoms with E-state index in [0.717, 1.165) is 29.7 Å². The molecule has 0 aliphatic heterocycles. The summed E-state index contributed by atoms with van der Waals surface area (Å²) >= 11 is 1.70. The van der Waals surface area contributed by atoms with Crippen LogP contribution in [0.25, 0.3) is 0 Å². The highest BCUT2D eigenvalue weighted by molar-refractivity contribution is 7.09. The Morgan fingerprint density at radius 3 is 2.42 bits per heavy atom. The molecule has 0 radical (unpaired) electrons. The molecule has 4 rings (SSSR count). The first-order valence-corrected chi connectivity index (χ1v) is 9.78. The summed E-state index contributed by atoms with van der Waals surface area (Å²) in [5.41, 5.74) is 1.85. The maximum atomic E-state index is 12.9. The van der Waals surface area contributed by atoms with Crippen LogP contribution in [0.2, 0.25) is 0 Å². The van der Waals surface area contributed by atoms with Crippen LogP contribution in [0.4, 0.5) is 0 Å². The van der Waals surface area contributed by atoms with Gasteiger partial charge in [0.2, 0.25) is 0 Å². The normalized spacial score (nSPS) is 13.4. The number of hydrogen-bond acceptors (Lipinski definition) is 3. The Labute approximate surface area is 157 Å². The molecule has 0 bridgehead atoms. The highest BCUT2D eigenvalue weighted by Gasteiger charge is 2.33. The number of thiophene rings is 1. The number of nitrogens with zero attached hydrogens (tertiary/aromatic N) is 1. The molecule has 0 atom stereocenters. The SMILES string of the molecule is O=C(c1ccc(OCc2ccccc2)cc1)N(Cc1cccs1)C1CC1. The fraction of sp³-hybridized carbons (Fsp3) is 0.227. The molecule has 26 heavy (non-hydrogen) atoms. The van der Waals surface area contributed by atoms with Gasteiger partial charge in [0.25, 0.3) is 5.91 Å². The number of carbonyl (C=O) groups excluding carboxylic acids is 1. The van der Waals surface area contributed by atoms with Crippen LogP contribution in [0.1, 0.15) is 33.6 Å². The molecule has 1 amide bonds. The summed E-state index contributed by atoms with van der Waals surface area (Å²) in [6.07, 6.45) is 2.21. The third-order valence-electron chi connectivity index (χ3n) is 4.50. The zero-order valence-corrected chi connectivity index (χ0v) is 15.3. The molecule has 1 aromatic heterocycles. The Morgan fingerprint density at radius 1 is 1.00 bits per heavy atom. The summed E-state index contributed by atoms with van der Waals surface area (Å²) in [5.74, 6) is 0.886. The van der Waals surface area contributed by atoms with Crippen LogP contribution >= 0.6 is 11.3 Å². The molecule has 0 saturated heterocycles. The van der Waals surface area contributed by atoms with Gasteiger partial charge in [-0.25, -0.2) is 0 Å². The van der Waals surface area contributed by atoms with Gasteiger partial charge in [0, 0.05) is 16.5 Å². The van der Waals surface area contributed by atoms with E-state index in [9.17, 15) is 4.79 Å². The van der Waals surface area contributed by atoms with Crippen molar-refractivity contribution in [1.82, 2.24) is 4.90 Å². The van der Waals surface area contributed by atoms with Gasteiger partial charge in [-0.1, -0.05) is 36.4 Å². The number of benzene rings is 2. The van der Waals surface area contributed by atoms with Crippen LogP contribution in [-0.2, 0) is 13.2 Å². The monoisotopic (exact) mass is 363 g/mol. The minimum atomic E-state index is 0.107. The van der Waals surface area contributed by atoms with Crippen LogP contribution in [0, 0.1) is 0 Å². The second-order valence-corrected chi connectivity index (χ2v) is 7.57. The predicted octanol–water partition coefficient (Wildman–Crippen LogP) is 5.13. The van der Waals surface area contributed by atoms with E-state index in [1.54, 1.807) is 11.3 Å². The lowest BCUT2D eigenvalue weighted by Crippen LogP contribution is -2.32. The smallest absolute Gasteiger partial charge is 0.254 e. The highest BCUT2D eigenvalue weighted by atomic mass is 32.1. The first-order valence-electron chi connectivity index (χ1n) is 8.90. The van der Waals surface area contributed by atoms with E-state index in [1.807, 2.05) is 65.6 Å². The first-order chi connectivity index (χ1) is 12.8. The molecule has 0 spiro atoms. The van der Waals surface area contributed by atoms with E-state index in [0.29, 0.717) is 19.2 Å². The number of carbonyl (C=O) groups is 1. The standard InChI is InChI=1S/C22H21NO2S/c24-22(23(19-10-11-19)15-21-7-4-14-26-21)18-8-12-20(13-9-18)25-16-17-5-2-1-3-6-17/h1-9,12-14,19H,10-11,15-16H2. The fourth-order valence-electron chi connectivity index (χ4n) is 2.92. The van der Waals surface area contributed by atoms with Crippen molar-refractivity contribution in [3.8, 4) is 5.75 Å². The molecule has 0 N–H and O–H groups in total. The van der Waals surface area contributed by atoms with Crippen molar-refractivity contribution in [2.45, 2.75) is 32.0 Å². The molecule has 1 aliphatic carbocycles. The molecule has 1 heterocycles. The maximum absolute atomic E-state index is 12.9. The van der Waals surface area contributed by atoms with E-state index < -0.39 is 0 Å². The van der Waals surface area contributed by atoms with Crippen molar-refractivity contribution in [2.24, 2.45) is 0 Å². The third kappa shape index (κ3) is 4.14. The summed E-state index contributed by atoms with van der Waals surface area (Å²) < 4.78 is 5.81. The van der Waals surface area contributed by atoms with Gasteiger partial charge in [0.05, 0.1) is 6.54 Å². The number of hydrogen-bond donors (Lipinski definition) is 0. The molecule has 3 nitrogen and oxygen atoms in total. The van der Waals surface area contributed by atoms with E-state index in [-0.39, 0.29) is 5.91 Å². The van der Waals surface area contributed by atoms with Gasteiger partial charge in [-0.05, 0) is 54.1 Å². The zero-order valence-electron chi connectivity index (χ0n) is 14.5. The van der Waals surface area contributed by atoms with Crippen molar-refractivity contribution >= 4 is 17.2 Å². The van der Waals surface area contributed by atoms with Gasteiger partial charge >= 0.3 is 0 Å². The Balaban J connectivity index is 1.41. The van der Waals surface area contributed by atoms with Gasteiger partial charge in [-0.15, -0.1) is 11.3 Å². The molecule has 132 valence electrons. The third-order valence-corrected chi connectivity index (χ3v) is 5.37. The average Bonchev–Trinajstić information content (AvgIpc) is 3.41. The molecule has 4 heteroatoms. The van der Waals surface area contributed by atoms with Crippen molar-refractivity contribution in [3.05, 3.63) is 88.1 Å². The fourth-order valence-corrected chi connectivity index (χ4v) is 3.63. The Kier molecular flexibility index (Phi) is 5.02. The summed E-state index contributed by atoms with van der Waals surface area (Å²) in [5, 5.41) is 2.06. The largest absolute Gasteiger partial charge is 0.489 e. The molecule has 0 unspecified atom stereocenters. The van der Waals surface area contributed by atoms with E-state index in [1.165, 1.54) is 4.88 Å². The van der Waals surface area contributed by atoms with E-state index in [2.05, 4.69) is 11.4 Å². The number of ether oxygens (including phenoxy) is 1. The summed E-state index contributed by atoms with van der Waals surface area (Å²) in [6.45, 7) is 1.23. The molecule has 1 fully saturated rings. The molecule has 1 saturated carbocycles. The molecule has 1 aliphatic rings.